The maximum atomic E-state index is 6.03. The molecule has 0 amide bonds. The molecule has 0 aromatic rings. The predicted molar refractivity (Wildman–Crippen MR) is 77.6 cm³/mol. The highest BCUT2D eigenvalue weighted by Gasteiger charge is 2.23. The molecule has 2 fully saturated rings. The second-order valence-electron chi connectivity index (χ2n) is 5.96. The van der Waals surface area contributed by atoms with Crippen molar-refractivity contribution >= 4 is 0 Å². The maximum absolute atomic E-state index is 6.03. The van der Waals surface area contributed by atoms with Crippen LogP contribution in [0.3, 0.4) is 0 Å². The molecule has 2 rings (SSSR count). The minimum atomic E-state index is 0.402. The molecular weight excluding hydrogens is 220 g/mol. The molecule has 0 bridgehead atoms. The van der Waals surface area contributed by atoms with Crippen molar-refractivity contribution in [2.75, 3.05) is 0 Å². The molecule has 2 atom stereocenters. The Labute approximate surface area is 112 Å². The van der Waals surface area contributed by atoms with E-state index in [4.69, 9.17) is 4.74 Å². The Hall–Kier alpha value is -0.560. The highest BCUT2D eigenvalue weighted by molar-refractivity contribution is 4.99. The highest BCUT2D eigenvalue weighted by Crippen LogP contribution is 2.31. The Kier molecular flexibility index (Phi) is 5.49. The van der Waals surface area contributed by atoms with Gasteiger partial charge >= 0.3 is 0 Å². The summed E-state index contributed by atoms with van der Waals surface area (Å²) in [5.74, 6) is 1.56. The van der Waals surface area contributed by atoms with E-state index in [9.17, 15) is 0 Å². The Morgan fingerprint density at radius 3 is 2.39 bits per heavy atom. The molecule has 2 aliphatic rings. The van der Waals surface area contributed by atoms with Crippen molar-refractivity contribution < 1.29 is 4.74 Å². The summed E-state index contributed by atoms with van der Waals surface area (Å²) in [4.78, 5) is 0. The van der Waals surface area contributed by atoms with Gasteiger partial charge < -0.3 is 4.74 Å². The first-order valence-corrected chi connectivity index (χ1v) is 7.78. The summed E-state index contributed by atoms with van der Waals surface area (Å²) in [7, 11) is 0. The summed E-state index contributed by atoms with van der Waals surface area (Å²) < 4.78 is 6.03. The molecular formula is C17H28O. The number of rotatable bonds is 5. The van der Waals surface area contributed by atoms with Gasteiger partial charge in [-0.2, -0.15) is 0 Å². The summed E-state index contributed by atoms with van der Waals surface area (Å²) in [5, 5.41) is 0. The van der Waals surface area contributed by atoms with Crippen LogP contribution in [0, 0.1) is 11.8 Å². The number of allylic oxidation sites excluding steroid dienone is 2. The van der Waals surface area contributed by atoms with Crippen LogP contribution in [-0.2, 0) is 4.74 Å². The quantitative estimate of drug-likeness (QED) is 0.630. The molecule has 1 aliphatic carbocycles. The molecule has 18 heavy (non-hydrogen) atoms. The van der Waals surface area contributed by atoms with Crippen LogP contribution in [0.25, 0.3) is 0 Å². The van der Waals surface area contributed by atoms with Crippen LogP contribution >= 0.6 is 0 Å². The fourth-order valence-electron chi connectivity index (χ4n) is 3.26. The lowest BCUT2D eigenvalue weighted by Gasteiger charge is -2.24. The molecule has 0 N–H and O–H groups in total. The van der Waals surface area contributed by atoms with Gasteiger partial charge in [-0.1, -0.05) is 31.6 Å². The summed E-state index contributed by atoms with van der Waals surface area (Å²) in [5.41, 5.74) is 0. The molecule has 1 saturated heterocycles. The van der Waals surface area contributed by atoms with Gasteiger partial charge in [0, 0.05) is 0 Å². The van der Waals surface area contributed by atoms with E-state index in [0.29, 0.717) is 12.2 Å². The lowest BCUT2D eigenvalue weighted by Crippen LogP contribution is -2.12. The predicted octanol–water partition coefficient (Wildman–Crippen LogP) is 4.88. The van der Waals surface area contributed by atoms with E-state index >= 15 is 0 Å². The number of ether oxygens (including phenoxy) is 1. The van der Waals surface area contributed by atoms with Crippen molar-refractivity contribution in [1.82, 2.24) is 0 Å². The Bertz CT molecular complexity index is 273. The van der Waals surface area contributed by atoms with Crippen molar-refractivity contribution in [3.63, 3.8) is 0 Å². The monoisotopic (exact) mass is 248 g/mol. The van der Waals surface area contributed by atoms with Crippen molar-refractivity contribution in [3.8, 4) is 0 Å². The van der Waals surface area contributed by atoms with Crippen molar-refractivity contribution in [2.45, 2.75) is 70.5 Å². The summed E-state index contributed by atoms with van der Waals surface area (Å²) in [6, 6.07) is 0. The van der Waals surface area contributed by atoms with Crippen LogP contribution in [0.4, 0.5) is 0 Å². The normalized spacial score (nSPS) is 37.2. The van der Waals surface area contributed by atoms with Crippen LogP contribution < -0.4 is 0 Å². The number of hydrogen-bond acceptors (Lipinski definition) is 1. The third-order valence-corrected chi connectivity index (χ3v) is 4.50. The SMILES string of the molecule is C=CC1CCC(C=CC2CCC(CCC)O2)CC1. The van der Waals surface area contributed by atoms with Gasteiger partial charge in [0.15, 0.2) is 0 Å². The summed E-state index contributed by atoms with van der Waals surface area (Å²) >= 11 is 0. The lowest BCUT2D eigenvalue weighted by atomic mass is 9.82. The Balaban J connectivity index is 1.70. The van der Waals surface area contributed by atoms with E-state index in [1.807, 2.05) is 0 Å². The summed E-state index contributed by atoms with van der Waals surface area (Å²) in [6.45, 7) is 6.15. The third kappa shape index (κ3) is 3.98. The average molecular weight is 248 g/mol. The van der Waals surface area contributed by atoms with Crippen molar-refractivity contribution in [2.24, 2.45) is 11.8 Å². The molecule has 1 nitrogen and oxygen atoms in total. The standard InChI is InChI=1S/C17H28O/c1-3-5-16-12-13-17(18-16)11-10-15-8-6-14(4-2)7-9-15/h4,10-11,14-17H,2-3,5-9,12-13H2,1H3. The Morgan fingerprint density at radius 1 is 1.00 bits per heavy atom. The molecule has 0 radical (unpaired) electrons. The van der Waals surface area contributed by atoms with Gasteiger partial charge in [0.2, 0.25) is 0 Å². The lowest BCUT2D eigenvalue weighted by molar-refractivity contribution is 0.0649. The molecule has 0 aromatic heterocycles. The molecule has 1 saturated carbocycles. The van der Waals surface area contributed by atoms with Crippen LogP contribution in [-0.4, -0.2) is 12.2 Å². The minimum absolute atomic E-state index is 0.402. The molecule has 1 heteroatoms. The van der Waals surface area contributed by atoms with Gasteiger partial charge in [-0.25, -0.2) is 0 Å². The fourth-order valence-corrected chi connectivity index (χ4v) is 3.26. The van der Waals surface area contributed by atoms with Gasteiger partial charge in [0.25, 0.3) is 0 Å². The Morgan fingerprint density at radius 2 is 1.72 bits per heavy atom. The van der Waals surface area contributed by atoms with E-state index in [2.05, 4.69) is 31.7 Å². The average Bonchev–Trinajstić information content (AvgIpc) is 2.85. The zero-order valence-corrected chi connectivity index (χ0v) is 11.8. The topological polar surface area (TPSA) is 9.23 Å². The van der Waals surface area contributed by atoms with Crippen LogP contribution in [0.2, 0.25) is 0 Å². The smallest absolute Gasteiger partial charge is 0.0760 e. The van der Waals surface area contributed by atoms with Gasteiger partial charge in [-0.15, -0.1) is 6.58 Å². The van der Waals surface area contributed by atoms with Crippen LogP contribution in [0.15, 0.2) is 24.8 Å². The molecule has 1 heterocycles. The first-order valence-electron chi connectivity index (χ1n) is 7.78. The molecule has 102 valence electrons. The second kappa shape index (κ2) is 7.13. The minimum Gasteiger partial charge on any atom is -0.371 e. The molecule has 0 aromatic carbocycles. The number of hydrogen-bond donors (Lipinski definition) is 0. The first kappa shape index (κ1) is 13.9. The van der Waals surface area contributed by atoms with Gasteiger partial charge in [-0.05, 0) is 56.8 Å². The van der Waals surface area contributed by atoms with Gasteiger partial charge in [0.05, 0.1) is 12.2 Å². The summed E-state index contributed by atoms with van der Waals surface area (Å²) in [6.07, 6.45) is 18.1. The van der Waals surface area contributed by atoms with E-state index in [1.54, 1.807) is 0 Å². The van der Waals surface area contributed by atoms with Crippen LogP contribution in [0.1, 0.15) is 58.3 Å². The zero-order valence-electron chi connectivity index (χ0n) is 11.8. The van der Waals surface area contributed by atoms with Gasteiger partial charge in [-0.3, -0.25) is 0 Å². The fraction of sp³-hybridized carbons (Fsp3) is 0.765. The van der Waals surface area contributed by atoms with Crippen LogP contribution in [0.5, 0.6) is 0 Å². The first-order chi connectivity index (χ1) is 8.81. The zero-order chi connectivity index (χ0) is 12.8. The van der Waals surface area contributed by atoms with Gasteiger partial charge in [0.1, 0.15) is 0 Å². The van der Waals surface area contributed by atoms with E-state index in [1.165, 1.54) is 51.4 Å². The maximum Gasteiger partial charge on any atom is 0.0760 e. The second-order valence-corrected chi connectivity index (χ2v) is 5.96. The molecule has 2 unspecified atom stereocenters. The van der Waals surface area contributed by atoms with E-state index in [0.717, 1.165) is 11.8 Å². The van der Waals surface area contributed by atoms with Crippen molar-refractivity contribution in [1.29, 1.82) is 0 Å². The third-order valence-electron chi connectivity index (χ3n) is 4.50. The van der Waals surface area contributed by atoms with E-state index in [-0.39, 0.29) is 0 Å². The largest absolute Gasteiger partial charge is 0.371 e. The molecule has 0 spiro atoms. The van der Waals surface area contributed by atoms with E-state index < -0.39 is 0 Å². The van der Waals surface area contributed by atoms with Crippen molar-refractivity contribution in [3.05, 3.63) is 24.8 Å². The highest BCUT2D eigenvalue weighted by atomic mass is 16.5. The molecule has 1 aliphatic heterocycles.